The first-order valence-corrected chi connectivity index (χ1v) is 9.77. The van der Waals surface area contributed by atoms with Crippen molar-refractivity contribution in [2.24, 2.45) is 7.05 Å². The number of aromatic amines is 1. The number of hydrogen-bond acceptors (Lipinski definition) is 4. The molecule has 0 spiro atoms. The maximum atomic E-state index is 12.5. The van der Waals surface area contributed by atoms with Gasteiger partial charge in [0.05, 0.1) is 22.3 Å². The van der Waals surface area contributed by atoms with Crippen LogP contribution in [0.5, 0.6) is 0 Å². The van der Waals surface area contributed by atoms with Gasteiger partial charge >= 0.3 is 0 Å². The molecule has 2 aromatic heterocycles. The summed E-state index contributed by atoms with van der Waals surface area (Å²) in [6.45, 7) is 2.04. The van der Waals surface area contributed by atoms with Crippen molar-refractivity contribution in [3.8, 4) is 0 Å². The smallest absolute Gasteiger partial charge is 0.261 e. The molecule has 0 fully saturated rings. The van der Waals surface area contributed by atoms with Gasteiger partial charge in [-0.1, -0.05) is 54.2 Å². The second-order valence-corrected chi connectivity index (χ2v) is 7.44. The minimum Gasteiger partial charge on any atom is -0.337 e. The van der Waals surface area contributed by atoms with E-state index >= 15 is 0 Å². The molecule has 2 aromatic carbocycles. The zero-order valence-corrected chi connectivity index (χ0v) is 16.1. The number of aryl methyl sites for hydroxylation is 1. The molecule has 1 N–H and O–H groups in total. The van der Waals surface area contributed by atoms with Crippen LogP contribution >= 0.6 is 11.8 Å². The molecule has 0 radical (unpaired) electrons. The van der Waals surface area contributed by atoms with Gasteiger partial charge in [-0.3, -0.25) is 9.36 Å². The van der Waals surface area contributed by atoms with E-state index in [1.54, 1.807) is 23.4 Å². The van der Waals surface area contributed by atoms with Crippen LogP contribution in [-0.2, 0) is 19.2 Å². The van der Waals surface area contributed by atoms with Gasteiger partial charge in [0.15, 0.2) is 5.16 Å². The number of fused-ring (bicyclic) bond motifs is 1. The number of aromatic nitrogens is 4. The summed E-state index contributed by atoms with van der Waals surface area (Å²) >= 11 is 1.56. The third-order valence-corrected chi connectivity index (χ3v) is 5.46. The Morgan fingerprint density at radius 2 is 1.78 bits per heavy atom. The summed E-state index contributed by atoms with van der Waals surface area (Å²) < 4.78 is 1.62. The number of nitrogens with zero attached hydrogens (tertiary/aromatic N) is 3. The summed E-state index contributed by atoms with van der Waals surface area (Å²) in [5.41, 5.74) is 4.07. The monoisotopic (exact) mass is 376 g/mol. The zero-order valence-electron chi connectivity index (χ0n) is 15.3. The quantitative estimate of drug-likeness (QED) is 0.538. The van der Waals surface area contributed by atoms with Crippen LogP contribution in [0.15, 0.2) is 64.5 Å². The Kier molecular flexibility index (Phi) is 4.81. The van der Waals surface area contributed by atoms with E-state index in [-0.39, 0.29) is 5.56 Å². The molecule has 0 atom stereocenters. The fourth-order valence-electron chi connectivity index (χ4n) is 3.02. The molecule has 136 valence electrons. The van der Waals surface area contributed by atoms with E-state index < -0.39 is 0 Å². The van der Waals surface area contributed by atoms with Crippen LogP contribution in [0, 0.1) is 6.92 Å². The van der Waals surface area contributed by atoms with E-state index in [2.05, 4.69) is 22.1 Å². The number of benzene rings is 2. The zero-order chi connectivity index (χ0) is 18.8. The van der Waals surface area contributed by atoms with E-state index in [9.17, 15) is 4.79 Å². The molecular weight excluding hydrogens is 356 g/mol. The van der Waals surface area contributed by atoms with E-state index in [0.29, 0.717) is 11.1 Å². The van der Waals surface area contributed by atoms with Gasteiger partial charge in [0, 0.05) is 19.2 Å². The Bertz CT molecular complexity index is 1150. The Labute approximate surface area is 161 Å². The lowest BCUT2D eigenvalue weighted by atomic mass is 10.1. The summed E-state index contributed by atoms with van der Waals surface area (Å²) in [4.78, 5) is 25.2. The summed E-state index contributed by atoms with van der Waals surface area (Å²) in [7, 11) is 1.77. The van der Waals surface area contributed by atoms with E-state index in [0.717, 1.165) is 34.3 Å². The molecule has 0 amide bonds. The fourth-order valence-corrected chi connectivity index (χ4v) is 3.95. The van der Waals surface area contributed by atoms with Crippen molar-refractivity contribution in [1.29, 1.82) is 0 Å². The average molecular weight is 376 g/mol. The molecule has 27 heavy (non-hydrogen) atoms. The van der Waals surface area contributed by atoms with Gasteiger partial charge in [-0.05, 0) is 24.6 Å². The SMILES string of the molecule is Cc1[nH]c(SCc2nc3ccccc3c(=O)n2C)nc1Cc1ccccc1. The maximum absolute atomic E-state index is 12.5. The Morgan fingerprint density at radius 3 is 2.59 bits per heavy atom. The molecule has 0 aliphatic carbocycles. The first kappa shape index (κ1) is 17.5. The Morgan fingerprint density at radius 1 is 1.04 bits per heavy atom. The molecule has 2 heterocycles. The van der Waals surface area contributed by atoms with Gasteiger partial charge < -0.3 is 4.98 Å². The van der Waals surface area contributed by atoms with Crippen LogP contribution in [0.2, 0.25) is 0 Å². The van der Waals surface area contributed by atoms with Crippen molar-refractivity contribution in [2.45, 2.75) is 24.3 Å². The predicted octanol–water partition coefficient (Wildman–Crippen LogP) is 3.85. The molecule has 0 saturated carbocycles. The van der Waals surface area contributed by atoms with Crippen molar-refractivity contribution in [3.05, 3.63) is 87.7 Å². The summed E-state index contributed by atoms with van der Waals surface area (Å²) in [6.07, 6.45) is 0.802. The normalized spacial score (nSPS) is 11.2. The molecule has 0 aliphatic rings. The highest BCUT2D eigenvalue weighted by molar-refractivity contribution is 7.98. The Balaban J connectivity index is 1.54. The van der Waals surface area contributed by atoms with Gasteiger partial charge in [-0.2, -0.15) is 0 Å². The maximum Gasteiger partial charge on any atom is 0.261 e. The number of thioether (sulfide) groups is 1. The largest absolute Gasteiger partial charge is 0.337 e. The third kappa shape index (κ3) is 3.66. The average Bonchev–Trinajstić information content (AvgIpc) is 3.04. The van der Waals surface area contributed by atoms with Gasteiger partial charge in [0.2, 0.25) is 0 Å². The molecule has 4 rings (SSSR count). The number of H-pyrrole nitrogens is 1. The number of para-hydroxylation sites is 1. The number of hydrogen-bond donors (Lipinski definition) is 1. The minimum absolute atomic E-state index is 0.0170. The van der Waals surface area contributed by atoms with E-state index in [1.165, 1.54) is 5.56 Å². The first-order valence-electron chi connectivity index (χ1n) is 8.78. The highest BCUT2D eigenvalue weighted by atomic mass is 32.2. The van der Waals surface area contributed by atoms with Crippen molar-refractivity contribution in [1.82, 2.24) is 19.5 Å². The van der Waals surface area contributed by atoms with Crippen molar-refractivity contribution in [3.63, 3.8) is 0 Å². The highest BCUT2D eigenvalue weighted by Gasteiger charge is 2.11. The van der Waals surface area contributed by atoms with Crippen LogP contribution < -0.4 is 5.56 Å². The third-order valence-electron chi connectivity index (χ3n) is 4.59. The summed E-state index contributed by atoms with van der Waals surface area (Å²) in [5.74, 6) is 1.32. The standard InChI is InChI=1S/C21H20N4OS/c1-14-18(12-15-8-4-3-5-9-15)24-21(22-14)27-13-19-23-17-11-7-6-10-16(17)20(26)25(19)2/h3-11H,12-13H2,1-2H3,(H,22,24). The molecule has 0 aliphatic heterocycles. The lowest BCUT2D eigenvalue weighted by Crippen LogP contribution is -2.21. The van der Waals surface area contributed by atoms with E-state index in [4.69, 9.17) is 4.98 Å². The van der Waals surface area contributed by atoms with Gasteiger partial charge in [-0.25, -0.2) is 9.97 Å². The molecule has 0 unspecified atom stereocenters. The van der Waals surface area contributed by atoms with Crippen molar-refractivity contribution < 1.29 is 0 Å². The fraction of sp³-hybridized carbons (Fsp3) is 0.190. The lowest BCUT2D eigenvalue weighted by molar-refractivity contribution is 0.784. The van der Waals surface area contributed by atoms with Crippen molar-refractivity contribution >= 4 is 22.7 Å². The van der Waals surface area contributed by atoms with Crippen molar-refractivity contribution in [2.75, 3.05) is 0 Å². The number of nitrogens with one attached hydrogen (secondary N) is 1. The molecule has 4 aromatic rings. The van der Waals surface area contributed by atoms with E-state index in [1.807, 2.05) is 49.4 Å². The number of imidazole rings is 1. The Hall–Kier alpha value is -2.86. The minimum atomic E-state index is -0.0170. The number of rotatable bonds is 5. The van der Waals surface area contributed by atoms with Crippen LogP contribution in [0.4, 0.5) is 0 Å². The molecular formula is C21H20N4OS. The molecule has 6 heteroatoms. The van der Waals surface area contributed by atoms with Crippen LogP contribution in [0.25, 0.3) is 10.9 Å². The summed E-state index contributed by atoms with van der Waals surface area (Å²) in [6, 6.07) is 17.8. The summed E-state index contributed by atoms with van der Waals surface area (Å²) in [5, 5.41) is 1.49. The van der Waals surface area contributed by atoms with Crippen LogP contribution in [-0.4, -0.2) is 19.5 Å². The van der Waals surface area contributed by atoms with Gasteiger partial charge in [-0.15, -0.1) is 0 Å². The van der Waals surface area contributed by atoms with Gasteiger partial charge in [0.25, 0.3) is 5.56 Å². The lowest BCUT2D eigenvalue weighted by Gasteiger charge is -2.08. The van der Waals surface area contributed by atoms with Crippen LogP contribution in [0.3, 0.4) is 0 Å². The highest BCUT2D eigenvalue weighted by Crippen LogP contribution is 2.22. The second kappa shape index (κ2) is 7.40. The van der Waals surface area contributed by atoms with Crippen LogP contribution in [0.1, 0.15) is 22.8 Å². The topological polar surface area (TPSA) is 63.6 Å². The second-order valence-electron chi connectivity index (χ2n) is 6.47. The molecule has 5 nitrogen and oxygen atoms in total. The first-order chi connectivity index (χ1) is 13.1. The predicted molar refractivity (Wildman–Crippen MR) is 109 cm³/mol. The molecule has 0 bridgehead atoms. The molecule has 0 saturated heterocycles. The van der Waals surface area contributed by atoms with Gasteiger partial charge in [0.1, 0.15) is 5.82 Å².